The molecule has 6 rings (SSSR count). The standard InChI is InChI=1S/C26H34N6O3S/c1-17-5-3-7-22(17)32-23-21(26(12-13-26)24(32)33)15-27-25(29-23)28-18-8-10-20(11-9-18)36(34,35)30-19-6-4-14-31(2)16-19/h8-11,15,17,19,22,30H,3-7,12-14,16H2,1-2H3,(H,27,28,29)/t17?,19-,22?/m1/s1. The van der Waals surface area contributed by atoms with E-state index in [4.69, 9.17) is 4.98 Å². The molecular weight excluding hydrogens is 476 g/mol. The third-order valence-electron chi connectivity index (χ3n) is 8.41. The highest BCUT2D eigenvalue weighted by molar-refractivity contribution is 7.89. The van der Waals surface area contributed by atoms with E-state index in [1.54, 1.807) is 30.5 Å². The highest BCUT2D eigenvalue weighted by Crippen LogP contribution is 2.58. The first-order valence-electron chi connectivity index (χ1n) is 13.1. The first-order valence-corrected chi connectivity index (χ1v) is 14.5. The summed E-state index contributed by atoms with van der Waals surface area (Å²) in [7, 11) is -1.59. The topological polar surface area (TPSA) is 108 Å². The maximum atomic E-state index is 13.4. The Morgan fingerprint density at radius 3 is 2.53 bits per heavy atom. The van der Waals surface area contributed by atoms with Gasteiger partial charge in [-0.15, -0.1) is 0 Å². The van der Waals surface area contributed by atoms with Gasteiger partial charge in [0.15, 0.2) is 0 Å². The molecule has 1 aromatic carbocycles. The molecule has 1 aromatic heterocycles. The van der Waals surface area contributed by atoms with Gasteiger partial charge in [-0.05, 0) is 82.3 Å². The second-order valence-electron chi connectivity index (χ2n) is 11.0. The van der Waals surface area contributed by atoms with Gasteiger partial charge in [-0.25, -0.2) is 18.1 Å². The molecule has 2 aliphatic carbocycles. The van der Waals surface area contributed by atoms with Crippen LogP contribution in [-0.4, -0.2) is 61.4 Å². The number of carbonyl (C=O) groups is 1. The van der Waals surface area contributed by atoms with Crippen molar-refractivity contribution in [2.24, 2.45) is 5.92 Å². The summed E-state index contributed by atoms with van der Waals surface area (Å²) < 4.78 is 28.6. The second kappa shape index (κ2) is 8.78. The molecule has 0 radical (unpaired) electrons. The average Bonchev–Trinajstić information content (AvgIpc) is 3.49. The normalized spacial score (nSPS) is 27.4. The number of nitrogens with zero attached hydrogens (tertiary/aromatic N) is 4. The van der Waals surface area contributed by atoms with E-state index >= 15 is 0 Å². The lowest BCUT2D eigenvalue weighted by molar-refractivity contribution is -0.120. The maximum Gasteiger partial charge on any atom is 0.240 e. The smallest absolute Gasteiger partial charge is 0.240 e. The monoisotopic (exact) mass is 510 g/mol. The second-order valence-corrected chi connectivity index (χ2v) is 12.7. The summed E-state index contributed by atoms with van der Waals surface area (Å²) in [6.07, 6.45) is 8.65. The molecular formula is C26H34N6O3S. The van der Waals surface area contributed by atoms with Crippen LogP contribution in [0.1, 0.15) is 57.4 Å². The zero-order valence-electron chi connectivity index (χ0n) is 20.9. The van der Waals surface area contributed by atoms with E-state index in [1.165, 1.54) is 0 Å². The van der Waals surface area contributed by atoms with Crippen molar-refractivity contribution >= 4 is 33.4 Å². The number of likely N-dealkylation sites (tertiary alicyclic amines) is 1. The molecule has 2 unspecified atom stereocenters. The molecule has 1 amide bonds. The molecule has 36 heavy (non-hydrogen) atoms. The number of sulfonamides is 1. The molecule has 3 atom stereocenters. The molecule has 9 nitrogen and oxygen atoms in total. The van der Waals surface area contributed by atoms with Crippen molar-refractivity contribution in [2.45, 2.75) is 74.3 Å². The van der Waals surface area contributed by atoms with Crippen LogP contribution in [0.5, 0.6) is 0 Å². The SMILES string of the molecule is CC1CCCC1N1C(=O)C2(CC2)c2cnc(Nc3ccc(S(=O)(=O)N[C@@H]4CCCN(C)C4)cc3)nc21. The Morgan fingerprint density at radius 1 is 1.08 bits per heavy atom. The average molecular weight is 511 g/mol. The van der Waals surface area contributed by atoms with Crippen molar-refractivity contribution in [3.8, 4) is 0 Å². The fraction of sp³-hybridized carbons (Fsp3) is 0.577. The van der Waals surface area contributed by atoms with Gasteiger partial charge in [-0.3, -0.25) is 9.69 Å². The zero-order valence-corrected chi connectivity index (χ0v) is 21.7. The highest BCUT2D eigenvalue weighted by atomic mass is 32.2. The minimum atomic E-state index is -3.60. The Morgan fingerprint density at radius 2 is 1.86 bits per heavy atom. The zero-order chi connectivity index (χ0) is 25.1. The third-order valence-corrected chi connectivity index (χ3v) is 9.94. The summed E-state index contributed by atoms with van der Waals surface area (Å²) in [6.45, 7) is 3.94. The fourth-order valence-electron chi connectivity index (χ4n) is 6.22. The molecule has 1 spiro atoms. The highest BCUT2D eigenvalue weighted by Gasteiger charge is 2.61. The minimum Gasteiger partial charge on any atom is -0.324 e. The number of amides is 1. The van der Waals surface area contributed by atoms with Gasteiger partial charge in [0.05, 0.1) is 10.3 Å². The van der Waals surface area contributed by atoms with Crippen molar-refractivity contribution in [1.29, 1.82) is 0 Å². The van der Waals surface area contributed by atoms with E-state index < -0.39 is 15.4 Å². The van der Waals surface area contributed by atoms with E-state index in [0.29, 0.717) is 17.6 Å². The number of fused-ring (bicyclic) bond motifs is 2. The number of aromatic nitrogens is 2. The van der Waals surface area contributed by atoms with Gasteiger partial charge in [0.25, 0.3) is 0 Å². The summed E-state index contributed by atoms with van der Waals surface area (Å²) in [5.41, 5.74) is 1.24. The van der Waals surface area contributed by atoms with Crippen LogP contribution in [0, 0.1) is 5.92 Å². The number of likely N-dealkylation sites (N-methyl/N-ethyl adjacent to an activating group) is 1. The lowest BCUT2D eigenvalue weighted by atomic mass is 10.0. The summed E-state index contributed by atoms with van der Waals surface area (Å²) >= 11 is 0. The largest absolute Gasteiger partial charge is 0.324 e. The molecule has 2 N–H and O–H groups in total. The summed E-state index contributed by atoms with van der Waals surface area (Å²) in [4.78, 5) is 27.1. The van der Waals surface area contributed by atoms with E-state index in [1.807, 2.05) is 11.9 Å². The molecule has 0 bridgehead atoms. The molecule has 3 heterocycles. The van der Waals surface area contributed by atoms with Crippen molar-refractivity contribution in [2.75, 3.05) is 30.4 Å². The first kappa shape index (κ1) is 23.8. The van der Waals surface area contributed by atoms with Crippen molar-refractivity contribution in [3.63, 3.8) is 0 Å². The molecule has 1 saturated heterocycles. The van der Waals surface area contributed by atoms with Gasteiger partial charge in [0.1, 0.15) is 5.82 Å². The van der Waals surface area contributed by atoms with E-state index in [2.05, 4.69) is 26.8 Å². The Kier molecular flexibility index (Phi) is 5.81. The number of anilines is 3. The lowest BCUT2D eigenvalue weighted by Gasteiger charge is -2.29. The molecule has 3 fully saturated rings. The Balaban J connectivity index is 1.20. The van der Waals surface area contributed by atoms with Crippen LogP contribution in [0.15, 0.2) is 35.4 Å². The van der Waals surface area contributed by atoms with Crippen molar-refractivity contribution in [1.82, 2.24) is 19.6 Å². The third kappa shape index (κ3) is 4.09. The van der Waals surface area contributed by atoms with Gasteiger partial charge in [0, 0.05) is 36.1 Å². The fourth-order valence-corrected chi connectivity index (χ4v) is 7.48. The first-order chi connectivity index (χ1) is 17.3. The Bertz CT molecular complexity index is 1280. The van der Waals surface area contributed by atoms with Crippen LogP contribution in [-0.2, 0) is 20.2 Å². The number of hydrogen-bond donors (Lipinski definition) is 2. The van der Waals surface area contributed by atoms with Gasteiger partial charge in [-0.2, -0.15) is 4.98 Å². The quantitative estimate of drug-likeness (QED) is 0.615. The van der Waals surface area contributed by atoms with Crippen molar-refractivity contribution < 1.29 is 13.2 Å². The number of carbonyl (C=O) groups excluding carboxylic acids is 1. The van der Waals surface area contributed by atoms with E-state index in [-0.39, 0.29) is 22.9 Å². The van der Waals surface area contributed by atoms with Crippen molar-refractivity contribution in [3.05, 3.63) is 36.0 Å². The van der Waals surface area contributed by atoms with Gasteiger partial charge < -0.3 is 10.2 Å². The predicted molar refractivity (Wildman–Crippen MR) is 138 cm³/mol. The Labute approximate surface area is 212 Å². The lowest BCUT2D eigenvalue weighted by Crippen LogP contribution is -2.46. The molecule has 2 aliphatic heterocycles. The molecule has 192 valence electrons. The molecule has 2 aromatic rings. The minimum absolute atomic E-state index is 0.0747. The molecule has 10 heteroatoms. The van der Waals surface area contributed by atoms with E-state index in [9.17, 15) is 13.2 Å². The maximum absolute atomic E-state index is 13.4. The number of nitrogens with one attached hydrogen (secondary N) is 2. The van der Waals surface area contributed by atoms with Crippen LogP contribution in [0.2, 0.25) is 0 Å². The number of rotatable bonds is 6. The summed E-state index contributed by atoms with van der Waals surface area (Å²) in [5.74, 6) is 1.80. The van der Waals surface area contributed by atoms with Gasteiger partial charge in [-0.1, -0.05) is 13.3 Å². The number of piperidine rings is 1. The van der Waals surface area contributed by atoms with Crippen LogP contribution in [0.4, 0.5) is 17.5 Å². The van der Waals surface area contributed by atoms with Crippen LogP contribution in [0.25, 0.3) is 0 Å². The van der Waals surface area contributed by atoms with Crippen LogP contribution in [0.3, 0.4) is 0 Å². The number of hydrogen-bond acceptors (Lipinski definition) is 7. The predicted octanol–water partition coefficient (Wildman–Crippen LogP) is 3.16. The van der Waals surface area contributed by atoms with Gasteiger partial charge in [0.2, 0.25) is 21.9 Å². The number of benzene rings is 1. The summed E-state index contributed by atoms with van der Waals surface area (Å²) in [6, 6.07) is 6.76. The van der Waals surface area contributed by atoms with Crippen LogP contribution >= 0.6 is 0 Å². The molecule has 4 aliphatic rings. The van der Waals surface area contributed by atoms with Crippen LogP contribution < -0.4 is 14.9 Å². The summed E-state index contributed by atoms with van der Waals surface area (Å²) in [5, 5.41) is 3.20. The Hall–Kier alpha value is -2.56. The van der Waals surface area contributed by atoms with E-state index in [0.717, 1.165) is 69.4 Å². The molecule has 2 saturated carbocycles. The van der Waals surface area contributed by atoms with Gasteiger partial charge >= 0.3 is 0 Å².